The van der Waals surface area contributed by atoms with E-state index in [9.17, 15) is 4.79 Å². The number of benzene rings is 1. The van der Waals surface area contributed by atoms with Crippen molar-refractivity contribution in [2.45, 2.75) is 25.0 Å². The zero-order chi connectivity index (χ0) is 22.6. The van der Waals surface area contributed by atoms with Gasteiger partial charge in [-0.05, 0) is 55.0 Å². The minimum Gasteiger partial charge on any atom is -0.345 e. The van der Waals surface area contributed by atoms with Crippen LogP contribution in [0.3, 0.4) is 0 Å². The summed E-state index contributed by atoms with van der Waals surface area (Å²) in [5.74, 6) is 0. The second kappa shape index (κ2) is 7.64. The van der Waals surface area contributed by atoms with Crippen molar-refractivity contribution in [3.63, 3.8) is 0 Å². The normalized spacial score (nSPS) is 18.2. The van der Waals surface area contributed by atoms with Gasteiger partial charge in [0.1, 0.15) is 10.7 Å². The lowest BCUT2D eigenvalue weighted by molar-refractivity contribution is 0.696. The summed E-state index contributed by atoms with van der Waals surface area (Å²) in [5, 5.41) is 4.22. The largest absolute Gasteiger partial charge is 0.345 e. The van der Waals surface area contributed by atoms with Gasteiger partial charge < -0.3 is 4.98 Å². The Balaban J connectivity index is 1.63. The van der Waals surface area contributed by atoms with Gasteiger partial charge in [0.15, 0.2) is 0 Å². The van der Waals surface area contributed by atoms with Crippen LogP contribution < -0.4 is 5.43 Å². The zero-order valence-electron chi connectivity index (χ0n) is 18.1. The molecular weight excluding hydrogens is 448 g/mol. The lowest BCUT2D eigenvalue weighted by Gasteiger charge is -2.26. The maximum absolute atomic E-state index is 13.5. The van der Waals surface area contributed by atoms with E-state index in [0.29, 0.717) is 21.6 Å². The molecule has 5 aromatic rings. The molecule has 1 aliphatic heterocycles. The fraction of sp³-hybridized carbons (Fsp3) is 0.154. The minimum atomic E-state index is -0.206. The predicted octanol–water partition coefficient (Wildman–Crippen LogP) is 6.52. The van der Waals surface area contributed by atoms with Crippen molar-refractivity contribution in [2.24, 2.45) is 0 Å². The van der Waals surface area contributed by atoms with Gasteiger partial charge in [-0.25, -0.2) is 9.97 Å². The van der Waals surface area contributed by atoms with E-state index in [4.69, 9.17) is 4.98 Å². The SMILES string of the molecule is CC1=CCC(C)(c2nc3[nH]cc(-c4nccs4)c(=O)c3cc2-c2ccc3ncccc3c2)S1. The Labute approximate surface area is 198 Å². The summed E-state index contributed by atoms with van der Waals surface area (Å²) < 4.78 is -0.206. The number of hydrogen-bond acceptors (Lipinski definition) is 6. The number of allylic oxidation sites excluding steroid dienone is 2. The highest BCUT2D eigenvalue weighted by Gasteiger charge is 2.35. The molecule has 0 radical (unpaired) electrons. The van der Waals surface area contributed by atoms with Crippen molar-refractivity contribution in [2.75, 3.05) is 0 Å². The van der Waals surface area contributed by atoms with E-state index in [0.717, 1.165) is 34.1 Å². The number of thiazole rings is 1. The van der Waals surface area contributed by atoms with Crippen LogP contribution in [0.5, 0.6) is 0 Å². The number of aromatic amines is 1. The summed E-state index contributed by atoms with van der Waals surface area (Å²) in [6.45, 7) is 4.37. The number of nitrogens with one attached hydrogen (secondary N) is 1. The van der Waals surface area contributed by atoms with Crippen molar-refractivity contribution in [3.05, 3.63) is 87.3 Å². The molecule has 0 spiro atoms. The van der Waals surface area contributed by atoms with Gasteiger partial charge in [-0.1, -0.05) is 18.2 Å². The molecule has 0 bridgehead atoms. The summed E-state index contributed by atoms with van der Waals surface area (Å²) in [7, 11) is 0. The molecular formula is C26H20N4OS2. The number of aromatic nitrogens is 4. The first-order valence-electron chi connectivity index (χ1n) is 10.7. The Hall–Kier alpha value is -3.29. The van der Waals surface area contributed by atoms with Crippen LogP contribution >= 0.6 is 23.1 Å². The second-order valence-electron chi connectivity index (χ2n) is 8.41. The molecule has 33 heavy (non-hydrogen) atoms. The minimum absolute atomic E-state index is 0.0556. The standard InChI is InChI=1S/C26H20N4OS2/c1-15-7-8-26(2,33-15)23-18(16-5-6-21-17(12-16)4-3-9-27-21)13-19-22(31)20(14-29-24(19)30-23)25-28-10-11-32-25/h3-7,9-14H,8H2,1-2H3,(H,29,30,31). The molecule has 1 N–H and O–H groups in total. The van der Waals surface area contributed by atoms with Crippen LogP contribution in [0, 0.1) is 0 Å². The molecule has 6 rings (SSSR count). The molecule has 0 aliphatic carbocycles. The van der Waals surface area contributed by atoms with Crippen molar-refractivity contribution < 1.29 is 0 Å². The highest BCUT2D eigenvalue weighted by molar-refractivity contribution is 8.04. The number of nitrogens with zero attached hydrogens (tertiary/aromatic N) is 3. The number of thioether (sulfide) groups is 1. The first kappa shape index (κ1) is 20.3. The van der Waals surface area contributed by atoms with Crippen molar-refractivity contribution in [1.29, 1.82) is 0 Å². The Bertz CT molecular complexity index is 1620. The van der Waals surface area contributed by atoms with E-state index in [1.165, 1.54) is 16.2 Å². The molecule has 0 amide bonds. The average molecular weight is 469 g/mol. The molecule has 5 nitrogen and oxygen atoms in total. The Kier molecular flexibility index (Phi) is 4.71. The number of pyridine rings is 3. The number of H-pyrrole nitrogens is 1. The quantitative estimate of drug-likeness (QED) is 0.326. The van der Waals surface area contributed by atoms with Crippen LogP contribution in [0.15, 0.2) is 76.1 Å². The van der Waals surface area contributed by atoms with Gasteiger partial charge >= 0.3 is 0 Å². The van der Waals surface area contributed by atoms with Crippen LogP contribution in [0.4, 0.5) is 0 Å². The highest BCUT2D eigenvalue weighted by atomic mass is 32.2. The molecule has 7 heteroatoms. The van der Waals surface area contributed by atoms with E-state index in [1.807, 2.05) is 35.3 Å². The van der Waals surface area contributed by atoms with Gasteiger partial charge in [0, 0.05) is 34.9 Å². The number of rotatable bonds is 3. The van der Waals surface area contributed by atoms with Crippen LogP contribution in [0.2, 0.25) is 0 Å². The van der Waals surface area contributed by atoms with Gasteiger partial charge in [-0.15, -0.1) is 23.1 Å². The van der Waals surface area contributed by atoms with E-state index >= 15 is 0 Å². The van der Waals surface area contributed by atoms with Crippen molar-refractivity contribution >= 4 is 45.0 Å². The molecule has 162 valence electrons. The van der Waals surface area contributed by atoms with Crippen LogP contribution in [0.25, 0.3) is 43.6 Å². The maximum atomic E-state index is 13.5. The fourth-order valence-corrected chi connectivity index (χ4v) is 6.40. The number of hydrogen-bond donors (Lipinski definition) is 1. The summed E-state index contributed by atoms with van der Waals surface area (Å²) in [4.78, 5) is 31.9. The highest BCUT2D eigenvalue weighted by Crippen LogP contribution is 2.51. The molecule has 1 aromatic carbocycles. The van der Waals surface area contributed by atoms with E-state index in [2.05, 4.69) is 53.1 Å². The Morgan fingerprint density at radius 1 is 1.09 bits per heavy atom. The maximum Gasteiger partial charge on any atom is 0.201 e. The summed E-state index contributed by atoms with van der Waals surface area (Å²) in [6.07, 6.45) is 8.40. The molecule has 4 aromatic heterocycles. The Morgan fingerprint density at radius 2 is 2.00 bits per heavy atom. The summed E-state index contributed by atoms with van der Waals surface area (Å²) in [5.41, 5.74) is 5.06. The average Bonchev–Trinajstić information content (AvgIpc) is 3.49. The van der Waals surface area contributed by atoms with Gasteiger partial charge in [0.05, 0.1) is 26.9 Å². The molecule has 0 saturated heterocycles. The fourth-order valence-electron chi connectivity index (χ4n) is 4.45. The summed E-state index contributed by atoms with van der Waals surface area (Å²) >= 11 is 3.29. The van der Waals surface area contributed by atoms with Gasteiger partial charge in [0.2, 0.25) is 5.43 Å². The zero-order valence-corrected chi connectivity index (χ0v) is 19.8. The first-order valence-corrected chi connectivity index (χ1v) is 12.4. The molecule has 0 saturated carbocycles. The topological polar surface area (TPSA) is 71.5 Å². The van der Waals surface area contributed by atoms with Gasteiger partial charge in [-0.2, -0.15) is 0 Å². The van der Waals surface area contributed by atoms with E-state index in [1.54, 1.807) is 18.6 Å². The first-order chi connectivity index (χ1) is 16.0. The van der Waals surface area contributed by atoms with Gasteiger partial charge in [-0.3, -0.25) is 9.78 Å². The third kappa shape index (κ3) is 3.39. The molecule has 1 aliphatic rings. The number of fused-ring (bicyclic) bond motifs is 2. The molecule has 0 fully saturated rings. The van der Waals surface area contributed by atoms with E-state index < -0.39 is 0 Å². The molecule has 1 unspecified atom stereocenters. The smallest absolute Gasteiger partial charge is 0.201 e. The van der Waals surface area contributed by atoms with Crippen molar-refractivity contribution in [3.8, 4) is 21.7 Å². The van der Waals surface area contributed by atoms with Crippen LogP contribution in [-0.4, -0.2) is 19.9 Å². The molecule has 1 atom stereocenters. The van der Waals surface area contributed by atoms with Crippen LogP contribution in [0.1, 0.15) is 26.0 Å². The van der Waals surface area contributed by atoms with Crippen molar-refractivity contribution in [1.82, 2.24) is 19.9 Å². The van der Waals surface area contributed by atoms with Gasteiger partial charge in [0.25, 0.3) is 0 Å². The van der Waals surface area contributed by atoms with Crippen LogP contribution in [-0.2, 0) is 4.75 Å². The lowest BCUT2D eigenvalue weighted by Crippen LogP contribution is -2.19. The van der Waals surface area contributed by atoms with E-state index in [-0.39, 0.29) is 10.2 Å². The predicted molar refractivity (Wildman–Crippen MR) is 138 cm³/mol. The third-order valence-electron chi connectivity index (χ3n) is 6.11. The lowest BCUT2D eigenvalue weighted by atomic mass is 9.92. The monoisotopic (exact) mass is 468 g/mol. The molecule has 5 heterocycles. The second-order valence-corrected chi connectivity index (χ2v) is 11.1. The Morgan fingerprint density at radius 3 is 2.79 bits per heavy atom. The summed E-state index contributed by atoms with van der Waals surface area (Å²) in [6, 6.07) is 12.2. The third-order valence-corrected chi connectivity index (χ3v) is 8.21.